The van der Waals surface area contributed by atoms with E-state index >= 15 is 0 Å². The van der Waals surface area contributed by atoms with Gasteiger partial charge in [0.2, 0.25) is 0 Å². The molecule has 1 unspecified atom stereocenters. The summed E-state index contributed by atoms with van der Waals surface area (Å²) in [4.78, 5) is 0. The Kier molecular flexibility index (Phi) is 4.90. The Morgan fingerprint density at radius 3 is 1.90 bits per heavy atom. The lowest BCUT2D eigenvalue weighted by atomic mass is 9.86. The lowest BCUT2D eigenvalue weighted by molar-refractivity contribution is 0.680. The Labute approximate surface area is 136 Å². The van der Waals surface area contributed by atoms with Gasteiger partial charge in [-0.2, -0.15) is 0 Å². The maximum Gasteiger partial charge on any atom is 0.0580 e. The number of rotatable bonds is 3. The molecule has 1 nitrogen and oxygen atoms in total. The maximum atomic E-state index is 3.65. The van der Waals surface area contributed by atoms with E-state index in [0.29, 0.717) is 0 Å². The third kappa shape index (κ3) is 3.07. The molecule has 2 rings (SSSR count). The average Bonchev–Trinajstić information content (AvgIpc) is 2.44. The molecule has 0 fully saturated rings. The quantitative estimate of drug-likeness (QED) is 0.795. The second kappa shape index (κ2) is 6.33. The standard InChI is InChI=1S/C19H24BrN/c1-11-7-8-16(10-17(11)20)19(21-6)18-14(4)12(2)9-13(3)15(18)5/h7-10,19,21H,1-6H3. The van der Waals surface area contributed by atoms with E-state index in [9.17, 15) is 0 Å². The normalized spacial score (nSPS) is 12.5. The van der Waals surface area contributed by atoms with Crippen molar-refractivity contribution >= 4 is 15.9 Å². The molecule has 0 saturated heterocycles. The van der Waals surface area contributed by atoms with E-state index in [1.165, 1.54) is 43.4 Å². The van der Waals surface area contributed by atoms with E-state index < -0.39 is 0 Å². The van der Waals surface area contributed by atoms with E-state index in [2.05, 4.69) is 80.1 Å². The highest BCUT2D eigenvalue weighted by molar-refractivity contribution is 9.10. The lowest BCUT2D eigenvalue weighted by Crippen LogP contribution is -2.21. The highest BCUT2D eigenvalue weighted by atomic mass is 79.9. The van der Waals surface area contributed by atoms with Crippen LogP contribution in [0, 0.1) is 34.6 Å². The van der Waals surface area contributed by atoms with E-state index in [-0.39, 0.29) is 6.04 Å². The van der Waals surface area contributed by atoms with Crippen LogP contribution in [0.25, 0.3) is 0 Å². The first-order valence-electron chi connectivity index (χ1n) is 7.37. The Hall–Kier alpha value is -1.12. The van der Waals surface area contributed by atoms with E-state index in [1.54, 1.807) is 0 Å². The smallest absolute Gasteiger partial charge is 0.0580 e. The van der Waals surface area contributed by atoms with Gasteiger partial charge in [0.1, 0.15) is 0 Å². The predicted molar refractivity (Wildman–Crippen MR) is 95.2 cm³/mol. The molecule has 0 spiro atoms. The molecule has 2 heteroatoms. The van der Waals surface area contributed by atoms with Crippen molar-refractivity contribution in [1.29, 1.82) is 0 Å². The summed E-state index contributed by atoms with van der Waals surface area (Å²) in [6.07, 6.45) is 0. The van der Waals surface area contributed by atoms with Crippen molar-refractivity contribution in [2.75, 3.05) is 7.05 Å². The Morgan fingerprint density at radius 1 is 0.857 bits per heavy atom. The Balaban J connectivity index is 2.64. The van der Waals surface area contributed by atoms with Crippen LogP contribution >= 0.6 is 15.9 Å². The number of hydrogen-bond acceptors (Lipinski definition) is 1. The highest BCUT2D eigenvalue weighted by Crippen LogP contribution is 2.32. The molecule has 0 amide bonds. The van der Waals surface area contributed by atoms with Gasteiger partial charge in [-0.25, -0.2) is 0 Å². The second-order valence-electron chi connectivity index (χ2n) is 5.90. The fraction of sp³-hybridized carbons (Fsp3) is 0.368. The summed E-state index contributed by atoms with van der Waals surface area (Å²) in [5.41, 5.74) is 9.46. The second-order valence-corrected chi connectivity index (χ2v) is 6.76. The van der Waals surface area contributed by atoms with Crippen molar-refractivity contribution in [1.82, 2.24) is 5.32 Å². The molecule has 0 aliphatic rings. The minimum atomic E-state index is 0.223. The molecule has 0 aliphatic heterocycles. The van der Waals surface area contributed by atoms with Crippen LogP contribution in [0.15, 0.2) is 28.7 Å². The number of aryl methyl sites for hydroxylation is 3. The molecule has 1 atom stereocenters. The first-order valence-corrected chi connectivity index (χ1v) is 8.16. The Morgan fingerprint density at radius 2 is 1.43 bits per heavy atom. The van der Waals surface area contributed by atoms with Crippen LogP contribution in [0.3, 0.4) is 0 Å². The fourth-order valence-corrected chi connectivity index (χ4v) is 3.34. The largest absolute Gasteiger partial charge is 0.309 e. The van der Waals surface area contributed by atoms with Crippen molar-refractivity contribution < 1.29 is 0 Å². The summed E-state index contributed by atoms with van der Waals surface area (Å²) in [5, 5.41) is 3.50. The van der Waals surface area contributed by atoms with Crippen molar-refractivity contribution in [3.63, 3.8) is 0 Å². The Bertz CT molecular complexity index is 648. The highest BCUT2D eigenvalue weighted by Gasteiger charge is 2.19. The molecule has 0 aliphatic carbocycles. The zero-order chi connectivity index (χ0) is 15.7. The van der Waals surface area contributed by atoms with Gasteiger partial charge in [-0.05, 0) is 86.7 Å². The summed E-state index contributed by atoms with van der Waals surface area (Å²) >= 11 is 3.65. The number of halogens is 1. The topological polar surface area (TPSA) is 12.0 Å². The van der Waals surface area contributed by atoms with Gasteiger partial charge in [-0.1, -0.05) is 34.1 Å². The first kappa shape index (κ1) is 16.3. The predicted octanol–water partition coefficient (Wildman–Crippen LogP) is 5.30. The van der Waals surface area contributed by atoms with Gasteiger partial charge in [0.05, 0.1) is 6.04 Å². The summed E-state index contributed by atoms with van der Waals surface area (Å²) < 4.78 is 1.17. The van der Waals surface area contributed by atoms with Gasteiger partial charge in [0.15, 0.2) is 0 Å². The molecule has 112 valence electrons. The minimum Gasteiger partial charge on any atom is -0.309 e. The number of nitrogens with one attached hydrogen (secondary N) is 1. The lowest BCUT2D eigenvalue weighted by Gasteiger charge is -2.24. The molecule has 1 N–H and O–H groups in total. The van der Waals surface area contributed by atoms with Crippen LogP contribution < -0.4 is 5.32 Å². The summed E-state index contributed by atoms with van der Waals surface area (Å²) in [6, 6.07) is 9.13. The molecule has 0 bridgehead atoms. The third-order valence-corrected chi connectivity index (χ3v) is 5.38. The van der Waals surface area contributed by atoms with Crippen LogP contribution in [-0.2, 0) is 0 Å². The molecule has 0 saturated carbocycles. The van der Waals surface area contributed by atoms with Crippen LogP contribution in [-0.4, -0.2) is 7.05 Å². The van der Waals surface area contributed by atoms with Crippen LogP contribution in [0.2, 0.25) is 0 Å². The number of hydrogen-bond donors (Lipinski definition) is 1. The van der Waals surface area contributed by atoms with Gasteiger partial charge in [0, 0.05) is 4.47 Å². The number of benzene rings is 2. The van der Waals surface area contributed by atoms with Gasteiger partial charge in [-0.15, -0.1) is 0 Å². The molecular formula is C19H24BrN. The molecule has 2 aromatic rings. The van der Waals surface area contributed by atoms with Crippen LogP contribution in [0.1, 0.15) is 45.0 Å². The SMILES string of the molecule is CNC(c1ccc(C)c(Br)c1)c1c(C)c(C)cc(C)c1C. The fourth-order valence-electron chi connectivity index (χ4n) is 2.95. The van der Waals surface area contributed by atoms with E-state index in [4.69, 9.17) is 0 Å². The monoisotopic (exact) mass is 345 g/mol. The molecule has 0 aromatic heterocycles. The van der Waals surface area contributed by atoms with Crippen molar-refractivity contribution in [3.8, 4) is 0 Å². The molecular weight excluding hydrogens is 322 g/mol. The van der Waals surface area contributed by atoms with Gasteiger partial charge in [-0.3, -0.25) is 0 Å². The summed E-state index contributed by atoms with van der Waals surface area (Å²) in [5.74, 6) is 0. The molecule has 21 heavy (non-hydrogen) atoms. The molecule has 0 heterocycles. The van der Waals surface area contributed by atoms with Crippen molar-refractivity contribution in [2.45, 2.75) is 40.7 Å². The van der Waals surface area contributed by atoms with Crippen molar-refractivity contribution in [3.05, 3.63) is 67.7 Å². The molecule has 0 radical (unpaired) electrons. The van der Waals surface area contributed by atoms with Crippen LogP contribution in [0.4, 0.5) is 0 Å². The average molecular weight is 346 g/mol. The van der Waals surface area contributed by atoms with Crippen molar-refractivity contribution in [2.24, 2.45) is 0 Å². The maximum absolute atomic E-state index is 3.65. The van der Waals surface area contributed by atoms with Gasteiger partial charge < -0.3 is 5.32 Å². The van der Waals surface area contributed by atoms with E-state index in [1.807, 2.05) is 7.05 Å². The minimum absolute atomic E-state index is 0.223. The van der Waals surface area contributed by atoms with Gasteiger partial charge in [0.25, 0.3) is 0 Å². The zero-order valence-electron chi connectivity index (χ0n) is 13.8. The van der Waals surface area contributed by atoms with E-state index in [0.717, 1.165) is 0 Å². The third-order valence-electron chi connectivity index (χ3n) is 4.53. The summed E-state index contributed by atoms with van der Waals surface area (Å²) in [7, 11) is 2.04. The zero-order valence-corrected chi connectivity index (χ0v) is 15.4. The molecule has 2 aromatic carbocycles. The van der Waals surface area contributed by atoms with Gasteiger partial charge >= 0.3 is 0 Å². The van der Waals surface area contributed by atoms with Crippen LogP contribution in [0.5, 0.6) is 0 Å². The summed E-state index contributed by atoms with van der Waals surface area (Å²) in [6.45, 7) is 11.0. The first-order chi connectivity index (χ1) is 9.86.